The van der Waals surface area contributed by atoms with E-state index in [9.17, 15) is 24.8 Å². The number of aliphatic hydroxyl groups is 3. The molecule has 1 fully saturated rings. The quantitative estimate of drug-likeness (QED) is 0.283. The average molecular weight is 480 g/mol. The monoisotopic (exact) mass is 479 g/mol. The summed E-state index contributed by atoms with van der Waals surface area (Å²) >= 11 is 6.03. The molecule has 0 bridgehead atoms. The molecule has 1 aliphatic heterocycles. The van der Waals surface area contributed by atoms with Crippen LogP contribution in [0.4, 0.5) is 5.95 Å². The van der Waals surface area contributed by atoms with Crippen molar-refractivity contribution in [3.8, 4) is 0 Å². The minimum absolute atomic E-state index is 0.0307. The van der Waals surface area contributed by atoms with E-state index in [0.29, 0.717) is 0 Å². The SMILES string of the molecule is CCC(C)(C[C@H]1O[C@@H](n2cnc3c(Cl)nc(N)nc32)[C@H](O)[C@@H]1O)OP(=O)(O)C(C)(C)O. The highest BCUT2D eigenvalue weighted by molar-refractivity contribution is 7.54. The first-order chi connectivity index (χ1) is 14.2. The van der Waals surface area contributed by atoms with Gasteiger partial charge in [0.1, 0.15) is 17.7 Å². The van der Waals surface area contributed by atoms with Gasteiger partial charge in [0, 0.05) is 6.42 Å². The van der Waals surface area contributed by atoms with Crippen LogP contribution in [0.3, 0.4) is 0 Å². The molecule has 12 nitrogen and oxygen atoms in total. The van der Waals surface area contributed by atoms with E-state index in [2.05, 4.69) is 15.0 Å². The summed E-state index contributed by atoms with van der Waals surface area (Å²) in [6.07, 6.45) is -3.18. The van der Waals surface area contributed by atoms with Crippen molar-refractivity contribution in [3.05, 3.63) is 11.5 Å². The fourth-order valence-corrected chi connectivity index (χ4v) is 4.54. The molecule has 1 aliphatic rings. The van der Waals surface area contributed by atoms with Crippen LogP contribution in [-0.4, -0.2) is 69.0 Å². The predicted octanol–water partition coefficient (Wildman–Crippen LogP) is 1.17. The molecule has 6 N–H and O–H groups in total. The summed E-state index contributed by atoms with van der Waals surface area (Å²) in [5.74, 6) is -0.0962. The van der Waals surface area contributed by atoms with E-state index in [1.807, 2.05) is 0 Å². The van der Waals surface area contributed by atoms with E-state index in [-0.39, 0.29) is 35.1 Å². The first-order valence-corrected chi connectivity index (χ1v) is 11.6. The maximum atomic E-state index is 12.5. The summed E-state index contributed by atoms with van der Waals surface area (Å²) in [5.41, 5.74) is 4.87. The van der Waals surface area contributed by atoms with E-state index < -0.39 is 43.1 Å². The van der Waals surface area contributed by atoms with Crippen molar-refractivity contribution >= 4 is 36.3 Å². The standard InChI is InChI=1S/C17H27ClN5O7P/c1-5-17(4,30-31(27,28)16(2,3)26)6-8-10(24)11(25)14(29-8)23-7-20-9-12(18)21-15(19)22-13(9)23/h7-8,10-11,14,24-26H,5-6H2,1-4H3,(H,27,28)(H2,19,21,22)/t8-,10-,11-,14-,17?/m1/s1. The van der Waals surface area contributed by atoms with Crippen molar-refractivity contribution < 1.29 is 34.0 Å². The number of ether oxygens (including phenoxy) is 1. The highest BCUT2D eigenvalue weighted by atomic mass is 35.5. The molecule has 6 atom stereocenters. The number of nitrogens with zero attached hydrogens (tertiary/aromatic N) is 4. The normalized spacial score (nSPS) is 28.5. The maximum Gasteiger partial charge on any atom is 0.359 e. The lowest BCUT2D eigenvalue weighted by atomic mass is 9.93. The molecule has 0 saturated carbocycles. The Morgan fingerprint density at radius 2 is 1.97 bits per heavy atom. The number of fused-ring (bicyclic) bond motifs is 1. The van der Waals surface area contributed by atoms with Crippen molar-refractivity contribution in [2.24, 2.45) is 0 Å². The average Bonchev–Trinajstić information content (AvgIpc) is 3.16. The smallest absolute Gasteiger partial charge is 0.359 e. The second-order valence-corrected chi connectivity index (χ2v) is 11.0. The zero-order valence-electron chi connectivity index (χ0n) is 17.5. The van der Waals surface area contributed by atoms with Gasteiger partial charge < -0.3 is 35.2 Å². The highest BCUT2D eigenvalue weighted by Gasteiger charge is 2.50. The molecule has 0 aromatic carbocycles. The molecule has 3 heterocycles. The second kappa shape index (κ2) is 8.20. The van der Waals surface area contributed by atoms with Crippen molar-refractivity contribution in [1.29, 1.82) is 0 Å². The second-order valence-electron chi connectivity index (χ2n) is 8.36. The molecule has 0 spiro atoms. The number of hydrogen-bond donors (Lipinski definition) is 5. The number of aromatic nitrogens is 4. The molecular formula is C17H27ClN5O7P. The summed E-state index contributed by atoms with van der Waals surface area (Å²) in [6, 6.07) is 0. The number of imidazole rings is 1. The number of hydrogen-bond acceptors (Lipinski definition) is 10. The fraction of sp³-hybridized carbons (Fsp3) is 0.706. The number of aliphatic hydroxyl groups excluding tert-OH is 2. The molecular weight excluding hydrogens is 453 g/mol. The molecule has 2 unspecified atom stereocenters. The van der Waals surface area contributed by atoms with Crippen LogP contribution in [0.5, 0.6) is 0 Å². The summed E-state index contributed by atoms with van der Waals surface area (Å²) in [6.45, 7) is 5.64. The van der Waals surface area contributed by atoms with Gasteiger partial charge in [0.15, 0.2) is 22.4 Å². The van der Waals surface area contributed by atoms with E-state index in [4.69, 9.17) is 26.6 Å². The minimum Gasteiger partial charge on any atom is -0.388 e. The van der Waals surface area contributed by atoms with Crippen LogP contribution >= 0.6 is 19.2 Å². The van der Waals surface area contributed by atoms with Crippen molar-refractivity contribution in [3.63, 3.8) is 0 Å². The molecule has 0 amide bonds. The number of halogens is 1. The number of rotatable bonds is 7. The Balaban J connectivity index is 1.86. The third kappa shape index (κ3) is 4.57. The van der Waals surface area contributed by atoms with Gasteiger partial charge in [-0.2, -0.15) is 9.97 Å². The number of nitrogen functional groups attached to an aromatic ring is 1. The fourth-order valence-electron chi connectivity index (χ4n) is 3.29. The minimum atomic E-state index is -4.42. The van der Waals surface area contributed by atoms with E-state index >= 15 is 0 Å². The topological polar surface area (TPSA) is 186 Å². The number of anilines is 1. The molecule has 174 valence electrons. The van der Waals surface area contributed by atoms with Crippen LogP contribution in [0.15, 0.2) is 6.33 Å². The van der Waals surface area contributed by atoms with Crippen LogP contribution in [0.2, 0.25) is 5.15 Å². The van der Waals surface area contributed by atoms with Gasteiger partial charge in [0.2, 0.25) is 5.95 Å². The van der Waals surface area contributed by atoms with Crippen molar-refractivity contribution in [2.75, 3.05) is 5.73 Å². The largest absolute Gasteiger partial charge is 0.388 e. The molecule has 14 heteroatoms. The van der Waals surface area contributed by atoms with Crippen LogP contribution in [0, 0.1) is 0 Å². The Morgan fingerprint density at radius 3 is 2.55 bits per heavy atom. The van der Waals surface area contributed by atoms with Gasteiger partial charge in [0.05, 0.1) is 18.0 Å². The zero-order chi connectivity index (χ0) is 23.4. The zero-order valence-corrected chi connectivity index (χ0v) is 19.2. The van der Waals surface area contributed by atoms with Gasteiger partial charge in [-0.05, 0) is 27.2 Å². The lowest BCUT2D eigenvalue weighted by Crippen LogP contribution is -2.39. The van der Waals surface area contributed by atoms with E-state index in [1.165, 1.54) is 24.7 Å². The van der Waals surface area contributed by atoms with Gasteiger partial charge in [0.25, 0.3) is 0 Å². The van der Waals surface area contributed by atoms with Gasteiger partial charge in [-0.1, -0.05) is 18.5 Å². The van der Waals surface area contributed by atoms with Crippen molar-refractivity contribution in [2.45, 2.75) is 76.0 Å². The van der Waals surface area contributed by atoms with E-state index in [0.717, 1.165) is 0 Å². The van der Waals surface area contributed by atoms with Crippen LogP contribution < -0.4 is 5.73 Å². The first kappa shape index (κ1) is 24.3. The van der Waals surface area contributed by atoms with Gasteiger partial charge in [-0.15, -0.1) is 0 Å². The lowest BCUT2D eigenvalue weighted by molar-refractivity contribution is -0.0684. The Hall–Kier alpha value is -1.37. The van der Waals surface area contributed by atoms with Crippen molar-refractivity contribution in [1.82, 2.24) is 19.5 Å². The predicted molar refractivity (Wildman–Crippen MR) is 111 cm³/mol. The Morgan fingerprint density at radius 1 is 1.32 bits per heavy atom. The molecule has 2 aromatic rings. The molecule has 3 rings (SSSR count). The molecule has 0 radical (unpaired) electrons. The Labute approximate surface area is 183 Å². The highest BCUT2D eigenvalue weighted by Crippen LogP contribution is 2.57. The molecule has 0 aliphatic carbocycles. The lowest BCUT2D eigenvalue weighted by Gasteiger charge is -2.36. The third-order valence-electron chi connectivity index (χ3n) is 5.42. The number of nitrogens with two attached hydrogens (primary N) is 1. The summed E-state index contributed by atoms with van der Waals surface area (Å²) in [5, 5.41) is 29.2. The Bertz CT molecular complexity index is 1010. The van der Waals surface area contributed by atoms with Crippen LogP contribution in [-0.2, 0) is 13.8 Å². The van der Waals surface area contributed by atoms with Gasteiger partial charge in [-0.3, -0.25) is 9.13 Å². The molecule has 31 heavy (non-hydrogen) atoms. The maximum absolute atomic E-state index is 12.5. The van der Waals surface area contributed by atoms with Gasteiger partial charge >= 0.3 is 7.60 Å². The van der Waals surface area contributed by atoms with Crippen LogP contribution in [0.25, 0.3) is 11.2 Å². The Kier molecular flexibility index (Phi) is 6.42. The summed E-state index contributed by atoms with van der Waals surface area (Å²) in [7, 11) is -4.42. The summed E-state index contributed by atoms with van der Waals surface area (Å²) < 4.78 is 25.2. The van der Waals surface area contributed by atoms with E-state index in [1.54, 1.807) is 13.8 Å². The van der Waals surface area contributed by atoms with Gasteiger partial charge in [-0.25, -0.2) is 4.98 Å². The molecule has 2 aromatic heterocycles. The summed E-state index contributed by atoms with van der Waals surface area (Å²) in [4.78, 5) is 22.2. The van der Waals surface area contributed by atoms with Crippen LogP contribution in [0.1, 0.15) is 46.8 Å². The third-order valence-corrected chi connectivity index (χ3v) is 7.76. The molecule has 1 saturated heterocycles. The first-order valence-electron chi connectivity index (χ1n) is 9.62.